The number of rotatable bonds is 5. The molecule has 6 rings (SSSR count). The van der Waals surface area contributed by atoms with Crippen LogP contribution in [-0.4, -0.2) is 66.8 Å². The lowest BCUT2D eigenvalue weighted by atomic mass is 9.92. The van der Waals surface area contributed by atoms with Gasteiger partial charge in [-0.1, -0.05) is 42.0 Å². The molecular formula is C30H35N7O2S. The number of carbonyl (C=O) groups is 2. The second-order valence-corrected chi connectivity index (χ2v) is 11.7. The normalized spacial score (nSPS) is 20.2. The number of carbonyl (C=O) groups excluding carboxylic acids is 2. The maximum atomic E-state index is 13.9. The van der Waals surface area contributed by atoms with E-state index in [0.717, 1.165) is 59.5 Å². The van der Waals surface area contributed by atoms with Crippen LogP contribution in [0.5, 0.6) is 0 Å². The first-order chi connectivity index (χ1) is 19.6. The van der Waals surface area contributed by atoms with Gasteiger partial charge in [-0.15, -0.1) is 16.4 Å². The molecule has 208 valence electrons. The Hall–Kier alpha value is -3.63. The Morgan fingerprint density at radius 1 is 1.02 bits per heavy atom. The summed E-state index contributed by atoms with van der Waals surface area (Å²) in [6, 6.07) is 16.4. The highest BCUT2D eigenvalue weighted by Crippen LogP contribution is 2.32. The van der Waals surface area contributed by atoms with Crippen molar-refractivity contribution in [2.24, 2.45) is 0 Å². The van der Waals surface area contributed by atoms with Gasteiger partial charge in [0, 0.05) is 62.3 Å². The molecule has 2 unspecified atom stereocenters. The highest BCUT2D eigenvalue weighted by molar-refractivity contribution is 7.09. The van der Waals surface area contributed by atoms with Crippen molar-refractivity contribution >= 4 is 39.9 Å². The fraction of sp³-hybridized carbons (Fsp3) is 0.433. The third kappa shape index (κ3) is 5.64. The summed E-state index contributed by atoms with van der Waals surface area (Å²) in [7, 11) is 0. The van der Waals surface area contributed by atoms with E-state index in [-0.39, 0.29) is 17.9 Å². The zero-order valence-electron chi connectivity index (χ0n) is 22.9. The average Bonchev–Trinajstić information content (AvgIpc) is 3.63. The molecule has 0 radical (unpaired) electrons. The van der Waals surface area contributed by atoms with Gasteiger partial charge in [0.25, 0.3) is 0 Å². The highest BCUT2D eigenvalue weighted by atomic mass is 32.1. The van der Waals surface area contributed by atoms with Crippen molar-refractivity contribution in [2.75, 3.05) is 18.0 Å². The molecule has 40 heavy (non-hydrogen) atoms. The minimum Gasteiger partial charge on any atom is -0.337 e. The van der Waals surface area contributed by atoms with Crippen molar-refractivity contribution in [3.8, 4) is 0 Å². The van der Waals surface area contributed by atoms with Crippen LogP contribution in [0.4, 0.5) is 5.69 Å². The number of aromatic nitrogens is 4. The Morgan fingerprint density at radius 2 is 1.85 bits per heavy atom. The van der Waals surface area contributed by atoms with E-state index in [1.165, 1.54) is 0 Å². The molecule has 2 bridgehead atoms. The summed E-state index contributed by atoms with van der Waals surface area (Å²) in [5.74, 6) is 0.112. The number of amides is 2. The number of fused-ring (bicyclic) bond motifs is 4. The summed E-state index contributed by atoms with van der Waals surface area (Å²) < 4.78 is 1.82. The predicted molar refractivity (Wildman–Crippen MR) is 156 cm³/mol. The first-order valence-electron chi connectivity index (χ1n) is 14.1. The number of aryl methyl sites for hydroxylation is 1. The van der Waals surface area contributed by atoms with Gasteiger partial charge in [0.15, 0.2) is 0 Å². The van der Waals surface area contributed by atoms with Gasteiger partial charge in [-0.25, -0.2) is 9.67 Å². The highest BCUT2D eigenvalue weighted by Gasteiger charge is 2.35. The molecule has 2 amide bonds. The molecular weight excluding hydrogens is 522 g/mol. The van der Waals surface area contributed by atoms with Gasteiger partial charge in [-0.2, -0.15) is 0 Å². The summed E-state index contributed by atoms with van der Waals surface area (Å²) in [4.78, 5) is 37.9. The molecule has 0 aliphatic carbocycles. The van der Waals surface area contributed by atoms with Crippen molar-refractivity contribution in [1.29, 1.82) is 0 Å². The van der Waals surface area contributed by atoms with E-state index in [4.69, 9.17) is 0 Å². The fourth-order valence-corrected chi connectivity index (χ4v) is 6.89. The smallest absolute Gasteiger partial charge is 0.224 e. The zero-order valence-corrected chi connectivity index (χ0v) is 23.7. The number of hydrogen-bond acceptors (Lipinski definition) is 7. The van der Waals surface area contributed by atoms with Crippen molar-refractivity contribution in [3.63, 3.8) is 0 Å². The number of anilines is 1. The lowest BCUT2D eigenvalue weighted by Gasteiger charge is -2.43. The van der Waals surface area contributed by atoms with Crippen LogP contribution in [0.2, 0.25) is 0 Å². The van der Waals surface area contributed by atoms with Gasteiger partial charge in [-0.3, -0.25) is 14.5 Å². The van der Waals surface area contributed by atoms with Gasteiger partial charge in [0.1, 0.15) is 10.5 Å². The third-order valence-electron chi connectivity index (χ3n) is 8.27. The summed E-state index contributed by atoms with van der Waals surface area (Å²) in [6.45, 7) is 4.64. The lowest BCUT2D eigenvalue weighted by molar-refractivity contribution is -0.133. The van der Waals surface area contributed by atoms with E-state index in [2.05, 4.69) is 20.2 Å². The van der Waals surface area contributed by atoms with E-state index in [9.17, 15) is 9.59 Å². The zero-order chi connectivity index (χ0) is 27.5. The average molecular weight is 558 g/mol. The van der Waals surface area contributed by atoms with E-state index in [1.807, 2.05) is 74.6 Å². The largest absolute Gasteiger partial charge is 0.337 e. The van der Waals surface area contributed by atoms with Gasteiger partial charge in [0.05, 0.1) is 18.6 Å². The van der Waals surface area contributed by atoms with E-state index >= 15 is 0 Å². The molecule has 9 nitrogen and oxygen atoms in total. The number of benzene rings is 2. The molecule has 10 heteroatoms. The Bertz CT molecular complexity index is 1470. The maximum Gasteiger partial charge on any atom is 0.224 e. The minimum atomic E-state index is 0.0291. The second-order valence-electron chi connectivity index (χ2n) is 10.8. The first kappa shape index (κ1) is 26.6. The Labute approximate surface area is 238 Å². The van der Waals surface area contributed by atoms with Crippen LogP contribution in [0.25, 0.3) is 11.0 Å². The standard InChI is InChI=1S/C30H35N7O2S/c1-22(38)35-16-13-24-8-6-9-25(36(24)21-29-31-15-18-40-29)20-34(19-23-7-2-4-11-27(23)35)30(39)14-17-37-28-12-5-3-10-26(28)32-33-37/h2-5,7,10-12,15,18,24-25H,6,8-9,13-14,16-17,19-21H2,1H3. The third-order valence-corrected chi connectivity index (χ3v) is 9.03. The van der Waals surface area contributed by atoms with Crippen LogP contribution in [0.1, 0.15) is 49.6 Å². The van der Waals surface area contributed by atoms with Crippen LogP contribution >= 0.6 is 11.3 Å². The van der Waals surface area contributed by atoms with E-state index < -0.39 is 0 Å². The van der Waals surface area contributed by atoms with Crippen molar-refractivity contribution in [2.45, 2.75) is 70.7 Å². The number of hydrogen-bond donors (Lipinski definition) is 0. The Kier molecular flexibility index (Phi) is 7.88. The molecule has 0 spiro atoms. The van der Waals surface area contributed by atoms with Crippen molar-refractivity contribution in [1.82, 2.24) is 29.8 Å². The van der Waals surface area contributed by atoms with Gasteiger partial charge in [-0.05, 0) is 43.0 Å². The molecule has 2 atom stereocenters. The SMILES string of the molecule is CC(=O)N1CCC2CCCC(CN(C(=O)CCn3nnc4ccccc43)Cc3ccccc31)N2Cc1nccs1. The Balaban J connectivity index is 1.32. The molecule has 4 aromatic rings. The molecule has 2 aromatic carbocycles. The van der Waals surface area contributed by atoms with Crippen molar-refractivity contribution < 1.29 is 9.59 Å². The summed E-state index contributed by atoms with van der Waals surface area (Å²) in [5, 5.41) is 11.7. The molecule has 0 saturated carbocycles. The summed E-state index contributed by atoms with van der Waals surface area (Å²) >= 11 is 1.68. The molecule has 1 saturated heterocycles. The number of piperidine rings is 1. The number of para-hydroxylation sites is 2. The maximum absolute atomic E-state index is 13.9. The van der Waals surface area contributed by atoms with Crippen molar-refractivity contribution in [3.05, 3.63) is 70.7 Å². The second kappa shape index (κ2) is 11.9. The van der Waals surface area contributed by atoms with Crippen LogP contribution in [0.3, 0.4) is 0 Å². The van der Waals surface area contributed by atoms with Crippen LogP contribution < -0.4 is 4.90 Å². The minimum absolute atomic E-state index is 0.0291. The quantitative estimate of drug-likeness (QED) is 0.360. The molecule has 2 aliphatic rings. The Morgan fingerprint density at radius 3 is 2.70 bits per heavy atom. The monoisotopic (exact) mass is 557 g/mol. The van der Waals surface area contributed by atoms with Crippen LogP contribution in [0, 0.1) is 0 Å². The number of thiazole rings is 1. The summed E-state index contributed by atoms with van der Waals surface area (Å²) in [6.07, 6.45) is 6.32. The molecule has 0 N–H and O–H groups in total. The summed E-state index contributed by atoms with van der Waals surface area (Å²) in [5.41, 5.74) is 3.66. The topological polar surface area (TPSA) is 87.5 Å². The first-order valence-corrected chi connectivity index (χ1v) is 15.0. The molecule has 2 aliphatic heterocycles. The number of nitrogens with zero attached hydrogens (tertiary/aromatic N) is 7. The lowest BCUT2D eigenvalue weighted by Crippen LogP contribution is -2.52. The van der Waals surface area contributed by atoms with Crippen LogP contribution in [-0.2, 0) is 29.2 Å². The molecule has 2 aromatic heterocycles. The van der Waals surface area contributed by atoms with E-state index in [0.29, 0.717) is 38.6 Å². The molecule has 1 fully saturated rings. The fourth-order valence-electron chi connectivity index (χ4n) is 6.26. The van der Waals surface area contributed by atoms with E-state index in [1.54, 1.807) is 18.3 Å². The van der Waals surface area contributed by atoms with Gasteiger partial charge >= 0.3 is 0 Å². The van der Waals surface area contributed by atoms with Crippen LogP contribution in [0.15, 0.2) is 60.1 Å². The predicted octanol–water partition coefficient (Wildman–Crippen LogP) is 4.49. The van der Waals surface area contributed by atoms with Gasteiger partial charge in [0.2, 0.25) is 11.8 Å². The van der Waals surface area contributed by atoms with Gasteiger partial charge < -0.3 is 9.80 Å². The molecule has 4 heterocycles.